The van der Waals surface area contributed by atoms with Gasteiger partial charge in [0.25, 0.3) is 0 Å². The summed E-state index contributed by atoms with van der Waals surface area (Å²) in [7, 11) is 0. The number of carbonyl (C=O) groups is 1. The van der Waals surface area contributed by atoms with Crippen LogP contribution in [0, 0.1) is 0 Å². The molecule has 2 rings (SSSR count). The van der Waals surface area contributed by atoms with E-state index in [1.165, 1.54) is 0 Å². The van der Waals surface area contributed by atoms with E-state index in [0.717, 1.165) is 28.2 Å². The number of nitrogens with zero attached hydrogens (tertiary/aromatic N) is 1. The molecular formula is C16H19NOS. The van der Waals surface area contributed by atoms with Crippen LogP contribution in [0.15, 0.2) is 29.6 Å². The lowest BCUT2D eigenvalue weighted by molar-refractivity contribution is 0.101. The highest BCUT2D eigenvalue weighted by molar-refractivity contribution is 7.09. The second kappa shape index (κ2) is 5.25. The normalized spacial score (nSPS) is 11.6. The molecule has 0 atom stereocenters. The van der Waals surface area contributed by atoms with Crippen molar-refractivity contribution in [3.63, 3.8) is 0 Å². The van der Waals surface area contributed by atoms with Crippen LogP contribution in [0.1, 0.15) is 54.3 Å². The van der Waals surface area contributed by atoms with E-state index >= 15 is 0 Å². The van der Waals surface area contributed by atoms with Crippen molar-refractivity contribution in [2.75, 3.05) is 0 Å². The van der Waals surface area contributed by atoms with Gasteiger partial charge in [-0.3, -0.25) is 4.79 Å². The third-order valence-corrected chi connectivity index (χ3v) is 3.86. The molecule has 2 aromatic rings. The van der Waals surface area contributed by atoms with Crippen LogP contribution in [0.3, 0.4) is 0 Å². The first-order valence-electron chi connectivity index (χ1n) is 6.41. The van der Waals surface area contributed by atoms with Crippen LogP contribution in [0.5, 0.6) is 0 Å². The third kappa shape index (κ3) is 3.51. The highest BCUT2D eigenvalue weighted by atomic mass is 32.1. The fourth-order valence-corrected chi connectivity index (χ4v) is 2.87. The van der Waals surface area contributed by atoms with Crippen LogP contribution in [0.2, 0.25) is 0 Å². The lowest BCUT2D eigenvalue weighted by atomic mass is 9.93. The van der Waals surface area contributed by atoms with E-state index < -0.39 is 0 Å². The van der Waals surface area contributed by atoms with Gasteiger partial charge in [-0.2, -0.15) is 0 Å². The second-order valence-corrected chi connectivity index (χ2v) is 6.75. The Balaban J connectivity index is 2.19. The number of rotatable bonds is 3. The van der Waals surface area contributed by atoms with Gasteiger partial charge >= 0.3 is 0 Å². The van der Waals surface area contributed by atoms with Crippen molar-refractivity contribution >= 4 is 17.1 Å². The number of aromatic nitrogens is 1. The van der Waals surface area contributed by atoms with Gasteiger partial charge in [0.15, 0.2) is 5.78 Å². The van der Waals surface area contributed by atoms with Crippen LogP contribution >= 0.6 is 11.3 Å². The van der Waals surface area contributed by atoms with Crippen molar-refractivity contribution in [2.45, 2.75) is 39.5 Å². The molecule has 0 aliphatic carbocycles. The molecule has 0 radical (unpaired) electrons. The summed E-state index contributed by atoms with van der Waals surface area (Å²) in [5.74, 6) is 0.108. The van der Waals surface area contributed by atoms with E-state index in [1.807, 2.05) is 24.3 Å². The molecule has 0 aliphatic rings. The minimum Gasteiger partial charge on any atom is -0.295 e. The molecule has 0 unspecified atom stereocenters. The fraction of sp³-hybridized carbons (Fsp3) is 0.375. The number of benzene rings is 1. The quantitative estimate of drug-likeness (QED) is 0.783. The van der Waals surface area contributed by atoms with Gasteiger partial charge in [-0.05, 0) is 18.6 Å². The highest BCUT2D eigenvalue weighted by Crippen LogP contribution is 2.25. The summed E-state index contributed by atoms with van der Waals surface area (Å²) in [6, 6.07) is 7.80. The molecule has 1 heterocycles. The Bertz CT molecular complexity index is 593. The van der Waals surface area contributed by atoms with Crippen molar-refractivity contribution in [3.05, 3.63) is 51.5 Å². The Hall–Kier alpha value is -1.48. The Morgan fingerprint density at radius 1 is 1.32 bits per heavy atom. The van der Waals surface area contributed by atoms with Gasteiger partial charge in [0.1, 0.15) is 0 Å². The number of ketones is 1. The Kier molecular flexibility index (Phi) is 3.85. The van der Waals surface area contributed by atoms with E-state index in [9.17, 15) is 4.79 Å². The molecule has 0 amide bonds. The molecule has 2 nitrogen and oxygen atoms in total. The average Bonchev–Trinajstić information content (AvgIpc) is 2.77. The lowest BCUT2D eigenvalue weighted by Crippen LogP contribution is -2.11. The first kappa shape index (κ1) is 13.9. The van der Waals surface area contributed by atoms with E-state index in [1.54, 1.807) is 18.3 Å². The number of thiazole rings is 1. The Morgan fingerprint density at radius 2 is 2.05 bits per heavy atom. The minimum absolute atomic E-state index is 0.0932. The van der Waals surface area contributed by atoms with Gasteiger partial charge in [0.05, 0.1) is 10.7 Å². The summed E-state index contributed by atoms with van der Waals surface area (Å²) in [5.41, 5.74) is 3.14. The van der Waals surface area contributed by atoms with E-state index in [2.05, 4.69) is 31.1 Å². The monoisotopic (exact) mass is 273 g/mol. The maximum absolute atomic E-state index is 11.4. The van der Waals surface area contributed by atoms with E-state index in [0.29, 0.717) is 0 Å². The molecular weight excluding hydrogens is 254 g/mol. The largest absolute Gasteiger partial charge is 0.295 e. The molecule has 0 N–H and O–H groups in total. The molecule has 0 aliphatic heterocycles. The molecule has 1 aromatic carbocycles. The highest BCUT2D eigenvalue weighted by Gasteiger charge is 2.17. The molecule has 0 fully saturated rings. The second-order valence-electron chi connectivity index (χ2n) is 5.81. The number of Topliss-reactive ketones (excluding diaryl/α,β-unsaturated/α-hetero) is 1. The van der Waals surface area contributed by atoms with Crippen molar-refractivity contribution in [3.8, 4) is 0 Å². The van der Waals surface area contributed by atoms with Crippen molar-refractivity contribution in [1.82, 2.24) is 4.98 Å². The number of carbonyl (C=O) groups excluding carboxylic acids is 1. The smallest absolute Gasteiger partial charge is 0.159 e. The lowest BCUT2D eigenvalue weighted by Gasteiger charge is -2.14. The fourth-order valence-electron chi connectivity index (χ4n) is 1.81. The van der Waals surface area contributed by atoms with Crippen molar-refractivity contribution in [2.24, 2.45) is 0 Å². The van der Waals surface area contributed by atoms with E-state index in [4.69, 9.17) is 0 Å². The summed E-state index contributed by atoms with van der Waals surface area (Å²) in [4.78, 5) is 16.1. The van der Waals surface area contributed by atoms with Crippen molar-refractivity contribution < 1.29 is 4.79 Å². The number of hydrogen-bond acceptors (Lipinski definition) is 3. The first-order valence-corrected chi connectivity index (χ1v) is 7.29. The molecule has 0 saturated heterocycles. The molecule has 0 spiro atoms. The van der Waals surface area contributed by atoms with Gasteiger partial charge in [-0.25, -0.2) is 4.98 Å². The summed E-state index contributed by atoms with van der Waals surface area (Å²) < 4.78 is 0. The zero-order valence-corrected chi connectivity index (χ0v) is 12.7. The van der Waals surface area contributed by atoms with Crippen LogP contribution < -0.4 is 0 Å². The predicted molar refractivity (Wildman–Crippen MR) is 80.1 cm³/mol. The summed E-state index contributed by atoms with van der Waals surface area (Å²) >= 11 is 1.69. The Labute approximate surface area is 118 Å². The standard InChI is InChI=1S/C16H19NOS/c1-11(18)13-7-5-6-12(8-13)9-15-17-14(10-19-15)16(2,3)4/h5-8,10H,9H2,1-4H3. The molecule has 3 heteroatoms. The maximum atomic E-state index is 11.4. The first-order chi connectivity index (χ1) is 8.86. The van der Waals surface area contributed by atoms with Crippen molar-refractivity contribution in [1.29, 1.82) is 0 Å². The van der Waals surface area contributed by atoms with Crippen LogP contribution in [0.4, 0.5) is 0 Å². The predicted octanol–water partition coefficient (Wildman–Crippen LogP) is 4.23. The van der Waals surface area contributed by atoms with Crippen LogP contribution in [0.25, 0.3) is 0 Å². The van der Waals surface area contributed by atoms with Gasteiger partial charge in [-0.1, -0.05) is 39.0 Å². The summed E-state index contributed by atoms with van der Waals surface area (Å²) in [6.45, 7) is 8.10. The SMILES string of the molecule is CC(=O)c1cccc(Cc2nc(C(C)(C)C)cs2)c1. The zero-order chi connectivity index (χ0) is 14.0. The zero-order valence-electron chi connectivity index (χ0n) is 11.9. The number of hydrogen-bond donors (Lipinski definition) is 0. The minimum atomic E-state index is 0.0932. The van der Waals surface area contributed by atoms with E-state index in [-0.39, 0.29) is 11.2 Å². The summed E-state index contributed by atoms with van der Waals surface area (Å²) in [5, 5.41) is 3.23. The molecule has 19 heavy (non-hydrogen) atoms. The maximum Gasteiger partial charge on any atom is 0.159 e. The van der Waals surface area contributed by atoms with Crippen LogP contribution in [-0.4, -0.2) is 10.8 Å². The van der Waals surface area contributed by atoms with Gasteiger partial charge in [0.2, 0.25) is 0 Å². The van der Waals surface area contributed by atoms with Gasteiger partial charge < -0.3 is 0 Å². The topological polar surface area (TPSA) is 30.0 Å². The Morgan fingerprint density at radius 3 is 2.63 bits per heavy atom. The average molecular weight is 273 g/mol. The molecule has 0 bridgehead atoms. The van der Waals surface area contributed by atoms with Crippen LogP contribution in [-0.2, 0) is 11.8 Å². The molecule has 100 valence electrons. The van der Waals surface area contributed by atoms with Gasteiger partial charge in [-0.15, -0.1) is 11.3 Å². The molecule has 0 saturated carbocycles. The molecule has 1 aromatic heterocycles. The third-order valence-electron chi connectivity index (χ3n) is 3.01. The summed E-state index contributed by atoms with van der Waals surface area (Å²) in [6.07, 6.45) is 0.794. The van der Waals surface area contributed by atoms with Gasteiger partial charge in [0, 0.05) is 22.8 Å².